The molecule has 1 aromatic carbocycles. The van der Waals surface area contributed by atoms with Crippen LogP contribution < -0.4 is 11.1 Å². The lowest BCUT2D eigenvalue weighted by Gasteiger charge is -2.26. The van der Waals surface area contributed by atoms with Crippen LogP contribution in [-0.2, 0) is 4.74 Å². The van der Waals surface area contributed by atoms with Crippen molar-refractivity contribution in [3.05, 3.63) is 35.6 Å². The summed E-state index contributed by atoms with van der Waals surface area (Å²) >= 11 is 0. The topological polar surface area (TPSA) is 64.3 Å². The Bertz CT molecular complexity index is 459. The van der Waals surface area contributed by atoms with Crippen molar-refractivity contribution >= 4 is 5.91 Å². The van der Waals surface area contributed by atoms with Crippen LogP contribution in [0.4, 0.5) is 4.39 Å². The van der Waals surface area contributed by atoms with Gasteiger partial charge in [-0.25, -0.2) is 4.39 Å². The molecule has 1 amide bonds. The van der Waals surface area contributed by atoms with E-state index in [1.54, 1.807) is 12.1 Å². The Balaban J connectivity index is 1.60. The lowest BCUT2D eigenvalue weighted by atomic mass is 9.94. The van der Waals surface area contributed by atoms with Gasteiger partial charge in [-0.3, -0.25) is 4.79 Å². The van der Waals surface area contributed by atoms with E-state index in [0.29, 0.717) is 25.3 Å². The fraction of sp³-hybridized carbons (Fsp3) is 0.562. The summed E-state index contributed by atoms with van der Waals surface area (Å²) in [6.07, 6.45) is 5.10. The van der Waals surface area contributed by atoms with Crippen molar-refractivity contribution in [3.63, 3.8) is 0 Å². The maximum Gasteiger partial charge on any atom is 0.254 e. The smallest absolute Gasteiger partial charge is 0.254 e. The van der Waals surface area contributed by atoms with E-state index in [-0.39, 0.29) is 11.5 Å². The molecule has 5 heteroatoms. The normalized spacial score (nSPS) is 22.0. The third kappa shape index (κ3) is 5.10. The summed E-state index contributed by atoms with van der Waals surface area (Å²) in [6.45, 7) is 1.09. The van der Waals surface area contributed by atoms with Gasteiger partial charge in [-0.05, 0) is 44.2 Å². The van der Waals surface area contributed by atoms with Crippen molar-refractivity contribution in [2.75, 3.05) is 13.2 Å². The second-order valence-electron chi connectivity index (χ2n) is 5.50. The number of hydrogen-bond acceptors (Lipinski definition) is 3. The third-order valence-electron chi connectivity index (χ3n) is 3.80. The monoisotopic (exact) mass is 294 g/mol. The summed E-state index contributed by atoms with van der Waals surface area (Å²) in [6, 6.07) is 6.30. The number of rotatable bonds is 6. The molecule has 2 rings (SSSR count). The fourth-order valence-corrected chi connectivity index (χ4v) is 2.52. The lowest BCUT2D eigenvalue weighted by Crippen LogP contribution is -2.31. The van der Waals surface area contributed by atoms with E-state index in [4.69, 9.17) is 10.5 Å². The Morgan fingerprint density at radius 3 is 2.71 bits per heavy atom. The molecule has 1 aliphatic carbocycles. The molecule has 0 radical (unpaired) electrons. The van der Waals surface area contributed by atoms with Crippen molar-refractivity contribution in [1.82, 2.24) is 5.32 Å². The van der Waals surface area contributed by atoms with Gasteiger partial charge >= 0.3 is 0 Å². The molecule has 0 bridgehead atoms. The van der Waals surface area contributed by atoms with E-state index in [1.807, 2.05) is 0 Å². The summed E-state index contributed by atoms with van der Waals surface area (Å²) in [4.78, 5) is 11.8. The van der Waals surface area contributed by atoms with Gasteiger partial charge in [0.05, 0.1) is 11.7 Å². The summed E-state index contributed by atoms with van der Waals surface area (Å²) in [5, 5.41) is 2.71. The average Bonchev–Trinajstić information content (AvgIpc) is 2.49. The second kappa shape index (κ2) is 8.10. The summed E-state index contributed by atoms with van der Waals surface area (Å²) in [5.41, 5.74) is 5.92. The molecule has 1 aromatic rings. The molecule has 0 spiro atoms. The third-order valence-corrected chi connectivity index (χ3v) is 3.80. The summed E-state index contributed by atoms with van der Waals surface area (Å²) < 4.78 is 19.2. The van der Waals surface area contributed by atoms with E-state index in [0.717, 1.165) is 32.1 Å². The van der Waals surface area contributed by atoms with Gasteiger partial charge < -0.3 is 15.8 Å². The van der Waals surface area contributed by atoms with E-state index >= 15 is 0 Å². The summed E-state index contributed by atoms with van der Waals surface area (Å²) in [7, 11) is 0. The second-order valence-corrected chi connectivity index (χ2v) is 5.50. The maximum atomic E-state index is 13.4. The minimum atomic E-state index is -0.496. The SMILES string of the molecule is NC1CCC(OCCCNC(=O)c2ccccc2F)CC1. The highest BCUT2D eigenvalue weighted by Gasteiger charge is 2.18. The fourth-order valence-electron chi connectivity index (χ4n) is 2.52. The first kappa shape index (κ1) is 15.9. The van der Waals surface area contributed by atoms with E-state index in [9.17, 15) is 9.18 Å². The number of amides is 1. The number of carbonyl (C=O) groups excluding carboxylic acids is 1. The molecule has 1 fully saturated rings. The molecule has 1 aliphatic rings. The number of carbonyl (C=O) groups is 1. The molecule has 4 nitrogen and oxygen atoms in total. The van der Waals surface area contributed by atoms with Gasteiger partial charge in [0.1, 0.15) is 5.82 Å². The molecule has 0 aliphatic heterocycles. The molecule has 0 aromatic heterocycles. The molecular formula is C16H23FN2O2. The molecule has 3 N–H and O–H groups in total. The minimum Gasteiger partial charge on any atom is -0.378 e. The van der Waals surface area contributed by atoms with Crippen LogP contribution in [0, 0.1) is 5.82 Å². The van der Waals surface area contributed by atoms with Crippen molar-refractivity contribution in [2.45, 2.75) is 44.2 Å². The largest absolute Gasteiger partial charge is 0.378 e. The Hall–Kier alpha value is -1.46. The van der Waals surface area contributed by atoms with Crippen LogP contribution >= 0.6 is 0 Å². The molecular weight excluding hydrogens is 271 g/mol. The van der Waals surface area contributed by atoms with Crippen LogP contribution in [-0.4, -0.2) is 31.2 Å². The van der Waals surface area contributed by atoms with Gasteiger partial charge in [-0.1, -0.05) is 12.1 Å². The zero-order chi connectivity index (χ0) is 15.1. The van der Waals surface area contributed by atoms with Crippen LogP contribution in [0.15, 0.2) is 24.3 Å². The standard InChI is InChI=1S/C16H23FN2O2/c17-15-5-2-1-4-14(15)16(20)19-10-3-11-21-13-8-6-12(18)7-9-13/h1-2,4-5,12-13H,3,6-11,18H2,(H,19,20). The van der Waals surface area contributed by atoms with Gasteiger partial charge in [0, 0.05) is 19.2 Å². The van der Waals surface area contributed by atoms with Gasteiger partial charge in [-0.2, -0.15) is 0 Å². The van der Waals surface area contributed by atoms with Crippen molar-refractivity contribution in [3.8, 4) is 0 Å². The molecule has 0 heterocycles. The molecule has 0 unspecified atom stereocenters. The Labute approximate surface area is 124 Å². The van der Waals surface area contributed by atoms with Gasteiger partial charge in [-0.15, -0.1) is 0 Å². The first-order valence-corrected chi connectivity index (χ1v) is 7.56. The van der Waals surface area contributed by atoms with Crippen molar-refractivity contribution in [1.29, 1.82) is 0 Å². The predicted octanol–water partition coefficient (Wildman–Crippen LogP) is 2.23. The minimum absolute atomic E-state index is 0.0830. The van der Waals surface area contributed by atoms with E-state index < -0.39 is 5.82 Å². The van der Waals surface area contributed by atoms with Crippen molar-refractivity contribution in [2.24, 2.45) is 5.73 Å². The van der Waals surface area contributed by atoms with Crippen LogP contribution in [0.3, 0.4) is 0 Å². The first-order chi connectivity index (χ1) is 10.2. The Kier molecular flexibility index (Phi) is 6.14. The van der Waals surface area contributed by atoms with Gasteiger partial charge in [0.25, 0.3) is 5.91 Å². The zero-order valence-electron chi connectivity index (χ0n) is 12.2. The zero-order valence-corrected chi connectivity index (χ0v) is 12.2. The van der Waals surface area contributed by atoms with Gasteiger partial charge in [0.2, 0.25) is 0 Å². The first-order valence-electron chi connectivity index (χ1n) is 7.56. The molecule has 1 saturated carbocycles. The summed E-state index contributed by atoms with van der Waals surface area (Å²) in [5.74, 6) is -0.874. The average molecular weight is 294 g/mol. The number of ether oxygens (including phenoxy) is 1. The van der Waals surface area contributed by atoms with Crippen molar-refractivity contribution < 1.29 is 13.9 Å². The van der Waals surface area contributed by atoms with Crippen LogP contribution in [0.2, 0.25) is 0 Å². The predicted molar refractivity (Wildman–Crippen MR) is 79.5 cm³/mol. The van der Waals surface area contributed by atoms with Crippen LogP contribution in [0.25, 0.3) is 0 Å². The Morgan fingerprint density at radius 1 is 1.29 bits per heavy atom. The number of halogens is 1. The maximum absolute atomic E-state index is 13.4. The number of nitrogens with one attached hydrogen (secondary N) is 1. The Morgan fingerprint density at radius 2 is 2.00 bits per heavy atom. The number of hydrogen-bond donors (Lipinski definition) is 2. The van der Waals surface area contributed by atoms with Gasteiger partial charge in [0.15, 0.2) is 0 Å². The molecule has 0 atom stereocenters. The molecule has 0 saturated heterocycles. The van der Waals surface area contributed by atoms with Crippen LogP contribution in [0.5, 0.6) is 0 Å². The lowest BCUT2D eigenvalue weighted by molar-refractivity contribution is 0.0241. The highest BCUT2D eigenvalue weighted by molar-refractivity contribution is 5.94. The quantitative estimate of drug-likeness (QED) is 0.791. The molecule has 21 heavy (non-hydrogen) atoms. The van der Waals surface area contributed by atoms with Crippen LogP contribution in [0.1, 0.15) is 42.5 Å². The number of benzene rings is 1. The van der Waals surface area contributed by atoms with E-state index in [1.165, 1.54) is 12.1 Å². The number of nitrogens with two attached hydrogens (primary N) is 1. The van der Waals surface area contributed by atoms with E-state index in [2.05, 4.69) is 5.32 Å². The highest BCUT2D eigenvalue weighted by atomic mass is 19.1. The highest BCUT2D eigenvalue weighted by Crippen LogP contribution is 2.19. The molecule has 116 valence electrons.